The van der Waals surface area contributed by atoms with Crippen LogP contribution in [0, 0.1) is 5.82 Å². The third-order valence-electron chi connectivity index (χ3n) is 2.63. The summed E-state index contributed by atoms with van der Waals surface area (Å²) in [4.78, 5) is 13.6. The largest absolute Gasteiger partial charge is 0.343 e. The molecule has 1 aromatic carbocycles. The summed E-state index contributed by atoms with van der Waals surface area (Å²) in [5.41, 5.74) is 0.882. The van der Waals surface area contributed by atoms with Crippen molar-refractivity contribution in [1.82, 2.24) is 4.90 Å². The first-order valence-electron chi connectivity index (χ1n) is 5.88. The Morgan fingerprint density at radius 1 is 1.39 bits per heavy atom. The van der Waals surface area contributed by atoms with Gasteiger partial charge >= 0.3 is 0 Å². The van der Waals surface area contributed by atoms with Gasteiger partial charge in [-0.15, -0.1) is 11.8 Å². The summed E-state index contributed by atoms with van der Waals surface area (Å²) < 4.78 is 13.8. The van der Waals surface area contributed by atoms with Gasteiger partial charge in [0.15, 0.2) is 0 Å². The van der Waals surface area contributed by atoms with E-state index in [2.05, 4.69) is 15.9 Å². The Hall–Kier alpha value is -0.550. The van der Waals surface area contributed by atoms with Crippen LogP contribution in [0.1, 0.15) is 19.4 Å². The number of rotatable bonds is 6. The molecule has 1 aromatic rings. The minimum Gasteiger partial charge on any atom is -0.343 e. The van der Waals surface area contributed by atoms with E-state index in [9.17, 15) is 9.18 Å². The predicted octanol–water partition coefficient (Wildman–Crippen LogP) is 3.69. The molecule has 0 aromatic heterocycles. The summed E-state index contributed by atoms with van der Waals surface area (Å²) in [6.07, 6.45) is 0. The van der Waals surface area contributed by atoms with Crippen LogP contribution in [0.15, 0.2) is 22.7 Å². The van der Waals surface area contributed by atoms with Gasteiger partial charge in [0.25, 0.3) is 0 Å². The van der Waals surface area contributed by atoms with E-state index in [1.807, 2.05) is 19.9 Å². The van der Waals surface area contributed by atoms with Gasteiger partial charge in [-0.25, -0.2) is 4.39 Å². The fraction of sp³-hybridized carbons (Fsp3) is 0.462. The lowest BCUT2D eigenvalue weighted by molar-refractivity contribution is -0.127. The van der Waals surface area contributed by atoms with Crippen molar-refractivity contribution in [1.29, 1.82) is 0 Å². The number of hydrogen-bond donors (Lipinski definition) is 0. The Bertz CT molecular complexity index is 410. The van der Waals surface area contributed by atoms with Gasteiger partial charge in [-0.05, 0) is 41.4 Å². The molecular formula is C13H17BrFNOS. The van der Waals surface area contributed by atoms with Gasteiger partial charge in [0.1, 0.15) is 5.82 Å². The van der Waals surface area contributed by atoms with Crippen LogP contribution in [0.3, 0.4) is 0 Å². The van der Waals surface area contributed by atoms with E-state index in [1.54, 1.807) is 11.0 Å². The van der Waals surface area contributed by atoms with Crippen molar-refractivity contribution in [3.8, 4) is 0 Å². The lowest BCUT2D eigenvalue weighted by atomic mass is 10.2. The van der Waals surface area contributed by atoms with Gasteiger partial charge in [0, 0.05) is 18.8 Å². The number of hydrogen-bond acceptors (Lipinski definition) is 2. The normalized spacial score (nSPS) is 10.4. The second kappa shape index (κ2) is 7.79. The first-order valence-corrected chi connectivity index (χ1v) is 7.83. The van der Waals surface area contributed by atoms with Crippen LogP contribution in [0.2, 0.25) is 0 Å². The van der Waals surface area contributed by atoms with Gasteiger partial charge in [-0.2, -0.15) is 0 Å². The van der Waals surface area contributed by atoms with Gasteiger partial charge in [-0.1, -0.05) is 12.1 Å². The van der Waals surface area contributed by atoms with E-state index < -0.39 is 0 Å². The van der Waals surface area contributed by atoms with Gasteiger partial charge in [0.05, 0.1) is 10.2 Å². The van der Waals surface area contributed by atoms with Crippen molar-refractivity contribution < 1.29 is 9.18 Å². The Morgan fingerprint density at radius 3 is 2.67 bits per heavy atom. The number of benzene rings is 1. The molecule has 5 heteroatoms. The van der Waals surface area contributed by atoms with E-state index in [0.29, 0.717) is 16.0 Å². The maximum Gasteiger partial charge on any atom is 0.232 e. The molecule has 0 saturated heterocycles. The highest BCUT2D eigenvalue weighted by molar-refractivity contribution is 9.10. The quantitative estimate of drug-likeness (QED) is 0.791. The van der Waals surface area contributed by atoms with E-state index in [0.717, 1.165) is 18.7 Å². The molecule has 0 aliphatic carbocycles. The van der Waals surface area contributed by atoms with E-state index in [-0.39, 0.29) is 11.7 Å². The van der Waals surface area contributed by atoms with Crippen molar-refractivity contribution in [2.75, 3.05) is 18.8 Å². The highest BCUT2D eigenvalue weighted by Gasteiger charge is 2.10. The summed E-state index contributed by atoms with van der Waals surface area (Å²) in [6, 6.07) is 4.96. The molecule has 0 heterocycles. The zero-order chi connectivity index (χ0) is 13.5. The molecule has 0 spiro atoms. The molecule has 2 nitrogen and oxygen atoms in total. The lowest BCUT2D eigenvalue weighted by Gasteiger charge is -2.18. The smallest absolute Gasteiger partial charge is 0.232 e. The third kappa shape index (κ3) is 4.28. The fourth-order valence-electron chi connectivity index (χ4n) is 1.58. The SMILES string of the molecule is CCN(CC)C(=O)CSCc1cccc(F)c1Br. The summed E-state index contributed by atoms with van der Waals surface area (Å²) in [5.74, 6) is 0.941. The number of thioether (sulfide) groups is 1. The fourth-order valence-corrected chi connectivity index (χ4v) is 3.09. The van der Waals surface area contributed by atoms with Crippen molar-refractivity contribution in [3.63, 3.8) is 0 Å². The van der Waals surface area contributed by atoms with Crippen LogP contribution >= 0.6 is 27.7 Å². The second-order valence-corrected chi connectivity index (χ2v) is 5.55. The molecule has 0 bridgehead atoms. The Kier molecular flexibility index (Phi) is 6.71. The standard InChI is InChI=1S/C13H17BrFNOS/c1-3-16(4-2)12(17)9-18-8-10-6-5-7-11(15)13(10)14/h5-7H,3-4,8-9H2,1-2H3. The molecule has 0 aliphatic rings. The zero-order valence-corrected chi connectivity index (χ0v) is 13.0. The van der Waals surface area contributed by atoms with Crippen LogP contribution in [0.4, 0.5) is 4.39 Å². The summed E-state index contributed by atoms with van der Waals surface area (Å²) in [5, 5.41) is 0. The average Bonchev–Trinajstić information content (AvgIpc) is 2.36. The highest BCUT2D eigenvalue weighted by Crippen LogP contribution is 2.24. The second-order valence-electron chi connectivity index (χ2n) is 3.77. The molecule has 18 heavy (non-hydrogen) atoms. The molecular weight excluding hydrogens is 317 g/mol. The maximum absolute atomic E-state index is 13.3. The number of nitrogens with zero attached hydrogens (tertiary/aromatic N) is 1. The van der Waals surface area contributed by atoms with Crippen LogP contribution in [-0.4, -0.2) is 29.6 Å². The Balaban J connectivity index is 2.47. The van der Waals surface area contributed by atoms with Gasteiger partial charge < -0.3 is 4.90 Å². The number of halogens is 2. The Morgan fingerprint density at radius 2 is 2.06 bits per heavy atom. The van der Waals surface area contributed by atoms with Crippen molar-refractivity contribution in [2.24, 2.45) is 0 Å². The van der Waals surface area contributed by atoms with Gasteiger partial charge in [0.2, 0.25) is 5.91 Å². The Labute approximate surface area is 120 Å². The predicted molar refractivity (Wildman–Crippen MR) is 78.2 cm³/mol. The third-order valence-corrected chi connectivity index (χ3v) is 4.49. The van der Waals surface area contributed by atoms with E-state index in [1.165, 1.54) is 17.8 Å². The maximum atomic E-state index is 13.3. The molecule has 0 unspecified atom stereocenters. The van der Waals surface area contributed by atoms with Crippen LogP contribution in [0.5, 0.6) is 0 Å². The molecule has 1 amide bonds. The topological polar surface area (TPSA) is 20.3 Å². The lowest BCUT2D eigenvalue weighted by Crippen LogP contribution is -2.31. The first-order chi connectivity index (χ1) is 8.60. The monoisotopic (exact) mass is 333 g/mol. The average molecular weight is 334 g/mol. The van der Waals surface area contributed by atoms with Crippen LogP contribution < -0.4 is 0 Å². The number of carbonyl (C=O) groups is 1. The van der Waals surface area contributed by atoms with Crippen molar-refractivity contribution in [2.45, 2.75) is 19.6 Å². The van der Waals surface area contributed by atoms with Gasteiger partial charge in [-0.3, -0.25) is 4.79 Å². The zero-order valence-electron chi connectivity index (χ0n) is 10.6. The van der Waals surface area contributed by atoms with E-state index in [4.69, 9.17) is 0 Å². The number of amides is 1. The number of carbonyl (C=O) groups excluding carboxylic acids is 1. The molecule has 0 saturated carbocycles. The van der Waals surface area contributed by atoms with E-state index >= 15 is 0 Å². The molecule has 0 radical (unpaired) electrons. The molecule has 100 valence electrons. The van der Waals surface area contributed by atoms with Crippen molar-refractivity contribution in [3.05, 3.63) is 34.1 Å². The molecule has 0 atom stereocenters. The van der Waals surface area contributed by atoms with Crippen LogP contribution in [0.25, 0.3) is 0 Å². The summed E-state index contributed by atoms with van der Waals surface area (Å²) >= 11 is 4.73. The summed E-state index contributed by atoms with van der Waals surface area (Å²) in [6.45, 7) is 5.41. The summed E-state index contributed by atoms with van der Waals surface area (Å²) in [7, 11) is 0. The first kappa shape index (κ1) is 15.5. The minimum absolute atomic E-state index is 0.137. The molecule has 0 aliphatic heterocycles. The highest BCUT2D eigenvalue weighted by atomic mass is 79.9. The van der Waals surface area contributed by atoms with Crippen molar-refractivity contribution >= 4 is 33.6 Å². The molecule has 0 N–H and O–H groups in total. The molecule has 0 fully saturated rings. The molecule has 1 rings (SSSR count). The van der Waals surface area contributed by atoms with Crippen LogP contribution in [-0.2, 0) is 10.5 Å². The minimum atomic E-state index is -0.261.